The first-order chi connectivity index (χ1) is 9.71. The van der Waals surface area contributed by atoms with Crippen LogP contribution in [0.25, 0.3) is 0 Å². The molecule has 0 aliphatic heterocycles. The minimum atomic E-state index is -0.0146. The first-order valence-corrected chi connectivity index (χ1v) is 8.87. The molecule has 0 aromatic heterocycles. The molecule has 3 rings (SSSR count). The third-order valence-corrected chi connectivity index (χ3v) is 6.11. The van der Waals surface area contributed by atoms with E-state index in [0.717, 1.165) is 23.6 Å². The molecular weight excluding hydrogens is 290 g/mol. The summed E-state index contributed by atoms with van der Waals surface area (Å²) in [5.41, 5.74) is 1.20. The fourth-order valence-electron chi connectivity index (χ4n) is 3.02. The second-order valence-corrected chi connectivity index (χ2v) is 7.82. The van der Waals surface area contributed by atoms with E-state index in [0.29, 0.717) is 11.3 Å². The fraction of sp³-hybridized carbons (Fsp3) is 0.625. The van der Waals surface area contributed by atoms with Crippen molar-refractivity contribution in [2.24, 2.45) is 0 Å². The zero-order valence-electron chi connectivity index (χ0n) is 11.6. The van der Waals surface area contributed by atoms with Gasteiger partial charge in [-0.15, -0.1) is 0 Å². The Morgan fingerprint density at radius 1 is 1.30 bits per heavy atom. The van der Waals surface area contributed by atoms with Gasteiger partial charge in [-0.3, -0.25) is 0 Å². The largest absolute Gasteiger partial charge is 0.394 e. The molecule has 2 aliphatic carbocycles. The lowest BCUT2D eigenvalue weighted by atomic mass is 9.99. The average molecular weight is 312 g/mol. The Hall–Kier alpha value is -0.220. The molecule has 2 atom stereocenters. The van der Waals surface area contributed by atoms with Crippen LogP contribution >= 0.6 is 23.4 Å². The molecule has 0 radical (unpaired) electrons. The van der Waals surface area contributed by atoms with Crippen LogP contribution in [0.1, 0.15) is 37.7 Å². The summed E-state index contributed by atoms with van der Waals surface area (Å²) in [6.07, 6.45) is 5.92. The van der Waals surface area contributed by atoms with E-state index in [1.165, 1.54) is 24.8 Å². The minimum absolute atomic E-state index is 0.0146. The predicted octanol–water partition coefficient (Wildman–Crippen LogP) is 3.61. The van der Waals surface area contributed by atoms with Crippen molar-refractivity contribution in [3.8, 4) is 0 Å². The highest BCUT2D eigenvalue weighted by Gasteiger charge is 2.42. The van der Waals surface area contributed by atoms with Crippen LogP contribution < -0.4 is 5.32 Å². The molecule has 1 aromatic rings. The van der Waals surface area contributed by atoms with Gasteiger partial charge in [-0.05, 0) is 43.7 Å². The predicted molar refractivity (Wildman–Crippen MR) is 86.4 cm³/mol. The highest BCUT2D eigenvalue weighted by atomic mass is 35.5. The molecule has 2 N–H and O–H groups in total. The van der Waals surface area contributed by atoms with Crippen LogP contribution in [0.3, 0.4) is 0 Å². The zero-order chi connectivity index (χ0) is 14.0. The van der Waals surface area contributed by atoms with Crippen LogP contribution in [0, 0.1) is 0 Å². The highest BCUT2D eigenvalue weighted by molar-refractivity contribution is 7.99. The summed E-state index contributed by atoms with van der Waals surface area (Å²) in [5.74, 6) is 0.968. The van der Waals surface area contributed by atoms with Crippen molar-refractivity contribution < 1.29 is 5.11 Å². The van der Waals surface area contributed by atoms with E-state index in [4.69, 9.17) is 11.6 Å². The number of rotatable bonds is 6. The Balaban J connectivity index is 1.53. The lowest BCUT2D eigenvalue weighted by Gasteiger charge is -2.28. The van der Waals surface area contributed by atoms with E-state index < -0.39 is 0 Å². The molecule has 2 nitrogen and oxygen atoms in total. The molecule has 2 saturated carbocycles. The monoisotopic (exact) mass is 311 g/mol. The SMILES string of the molecule is OCC1(NC2CC2)CCC(SCc2ccccc2Cl)C1. The van der Waals surface area contributed by atoms with Crippen molar-refractivity contribution >= 4 is 23.4 Å². The average Bonchev–Trinajstić information content (AvgIpc) is 3.17. The molecule has 20 heavy (non-hydrogen) atoms. The molecule has 110 valence electrons. The molecule has 0 amide bonds. The summed E-state index contributed by atoms with van der Waals surface area (Å²) in [5, 5.41) is 14.9. The summed E-state index contributed by atoms with van der Waals surface area (Å²) >= 11 is 8.19. The Bertz CT molecular complexity index is 466. The Morgan fingerprint density at radius 2 is 2.10 bits per heavy atom. The zero-order valence-corrected chi connectivity index (χ0v) is 13.2. The van der Waals surface area contributed by atoms with Gasteiger partial charge >= 0.3 is 0 Å². The van der Waals surface area contributed by atoms with Gasteiger partial charge in [0.1, 0.15) is 0 Å². The van der Waals surface area contributed by atoms with Gasteiger partial charge in [-0.2, -0.15) is 11.8 Å². The summed E-state index contributed by atoms with van der Waals surface area (Å²) in [6, 6.07) is 8.74. The third kappa shape index (κ3) is 3.51. The van der Waals surface area contributed by atoms with Crippen molar-refractivity contribution in [1.29, 1.82) is 0 Å². The van der Waals surface area contributed by atoms with Crippen LogP contribution in [-0.2, 0) is 5.75 Å². The maximum absolute atomic E-state index is 9.75. The molecule has 2 fully saturated rings. The van der Waals surface area contributed by atoms with E-state index in [-0.39, 0.29) is 12.1 Å². The first-order valence-electron chi connectivity index (χ1n) is 7.44. The van der Waals surface area contributed by atoms with E-state index in [2.05, 4.69) is 11.4 Å². The number of aliphatic hydroxyl groups is 1. The number of hydrogen-bond donors (Lipinski definition) is 2. The van der Waals surface area contributed by atoms with Crippen LogP contribution in [0.2, 0.25) is 5.02 Å². The lowest BCUT2D eigenvalue weighted by molar-refractivity contribution is 0.163. The highest BCUT2D eigenvalue weighted by Crippen LogP contribution is 2.40. The van der Waals surface area contributed by atoms with Crippen LogP contribution in [0.15, 0.2) is 24.3 Å². The topological polar surface area (TPSA) is 32.3 Å². The minimum Gasteiger partial charge on any atom is -0.394 e. The molecule has 0 heterocycles. The molecule has 1 aromatic carbocycles. The van der Waals surface area contributed by atoms with Crippen LogP contribution in [0.5, 0.6) is 0 Å². The van der Waals surface area contributed by atoms with Gasteiger partial charge in [0.15, 0.2) is 0 Å². The molecule has 4 heteroatoms. The lowest BCUT2D eigenvalue weighted by Crippen LogP contribution is -2.47. The van der Waals surface area contributed by atoms with Gasteiger partial charge in [0.2, 0.25) is 0 Å². The number of aliphatic hydroxyl groups excluding tert-OH is 1. The second-order valence-electron chi connectivity index (χ2n) is 6.12. The van der Waals surface area contributed by atoms with Gasteiger partial charge in [-0.25, -0.2) is 0 Å². The number of halogens is 1. The number of nitrogens with one attached hydrogen (secondary N) is 1. The van der Waals surface area contributed by atoms with Crippen molar-refractivity contribution in [3.63, 3.8) is 0 Å². The number of hydrogen-bond acceptors (Lipinski definition) is 3. The van der Waals surface area contributed by atoms with E-state index in [1.54, 1.807) is 0 Å². The van der Waals surface area contributed by atoms with Gasteiger partial charge in [-0.1, -0.05) is 29.8 Å². The van der Waals surface area contributed by atoms with Crippen molar-refractivity contribution in [3.05, 3.63) is 34.9 Å². The Morgan fingerprint density at radius 3 is 2.80 bits per heavy atom. The molecule has 0 spiro atoms. The standard InChI is InChI=1S/C16H22ClNOS/c17-15-4-2-1-3-12(15)10-20-14-7-8-16(9-14,11-19)18-13-5-6-13/h1-4,13-14,18-19H,5-11H2. The summed E-state index contributed by atoms with van der Waals surface area (Å²) < 4.78 is 0. The summed E-state index contributed by atoms with van der Waals surface area (Å²) in [4.78, 5) is 0. The molecule has 2 aliphatic rings. The maximum atomic E-state index is 9.75. The number of benzene rings is 1. The maximum Gasteiger partial charge on any atom is 0.0613 e. The van der Waals surface area contributed by atoms with Crippen LogP contribution in [0.4, 0.5) is 0 Å². The molecule has 0 saturated heterocycles. The van der Waals surface area contributed by atoms with Crippen molar-refractivity contribution in [1.82, 2.24) is 5.32 Å². The molecule has 2 unspecified atom stereocenters. The molecule has 0 bridgehead atoms. The second kappa shape index (κ2) is 6.27. The smallest absolute Gasteiger partial charge is 0.0613 e. The van der Waals surface area contributed by atoms with Gasteiger partial charge < -0.3 is 10.4 Å². The van der Waals surface area contributed by atoms with E-state index in [9.17, 15) is 5.11 Å². The Labute approximate surface area is 130 Å². The summed E-state index contributed by atoms with van der Waals surface area (Å²) in [7, 11) is 0. The van der Waals surface area contributed by atoms with Gasteiger partial charge in [0.05, 0.1) is 6.61 Å². The number of thioether (sulfide) groups is 1. The van der Waals surface area contributed by atoms with Crippen molar-refractivity contribution in [2.75, 3.05) is 6.61 Å². The van der Waals surface area contributed by atoms with Crippen LogP contribution in [-0.4, -0.2) is 28.5 Å². The van der Waals surface area contributed by atoms with Gasteiger partial charge in [0, 0.05) is 27.6 Å². The quantitative estimate of drug-likeness (QED) is 0.842. The van der Waals surface area contributed by atoms with E-state index in [1.807, 2.05) is 30.0 Å². The summed E-state index contributed by atoms with van der Waals surface area (Å²) in [6.45, 7) is 0.270. The van der Waals surface area contributed by atoms with E-state index >= 15 is 0 Å². The van der Waals surface area contributed by atoms with Crippen molar-refractivity contribution in [2.45, 2.75) is 54.7 Å². The fourth-order valence-corrected chi connectivity index (χ4v) is 4.69. The normalized spacial score (nSPS) is 29.8. The Kier molecular flexibility index (Phi) is 4.61. The first kappa shape index (κ1) is 14.7. The third-order valence-electron chi connectivity index (χ3n) is 4.39. The van der Waals surface area contributed by atoms with Gasteiger partial charge in [0.25, 0.3) is 0 Å². The molecular formula is C16H22ClNOS.